The van der Waals surface area contributed by atoms with Gasteiger partial charge in [0.2, 0.25) is 0 Å². The Bertz CT molecular complexity index is 1960. The van der Waals surface area contributed by atoms with E-state index < -0.39 is 0 Å². The van der Waals surface area contributed by atoms with Crippen LogP contribution in [0.4, 0.5) is 0 Å². The fourth-order valence-corrected chi connectivity index (χ4v) is 5.17. The third kappa shape index (κ3) is 4.87. The molecule has 202 valence electrons. The molecule has 0 amide bonds. The SMILES string of the molecule is Cc1cnc(CCNCc2ccc(-c3nc4ccn5c(-c6cn(C)cn6)nnc5c4cc3-c3ccccc3)cc2)[nH]1. The Morgan fingerprint density at radius 2 is 1.78 bits per heavy atom. The molecule has 0 aliphatic carbocycles. The van der Waals surface area contributed by atoms with Crippen molar-refractivity contribution < 1.29 is 0 Å². The molecule has 0 saturated carbocycles. The van der Waals surface area contributed by atoms with Crippen LogP contribution in [0, 0.1) is 6.92 Å². The van der Waals surface area contributed by atoms with Crippen LogP contribution < -0.4 is 5.32 Å². The molecular weight excluding hydrogens is 510 g/mol. The molecule has 41 heavy (non-hydrogen) atoms. The Kier molecular flexibility index (Phi) is 6.33. The van der Waals surface area contributed by atoms with Crippen LogP contribution in [0.1, 0.15) is 17.1 Å². The van der Waals surface area contributed by atoms with Crippen LogP contribution >= 0.6 is 0 Å². The minimum atomic E-state index is 0.705. The molecule has 2 N–H and O–H groups in total. The van der Waals surface area contributed by atoms with Gasteiger partial charge in [0, 0.05) is 67.4 Å². The van der Waals surface area contributed by atoms with Crippen LogP contribution in [0.5, 0.6) is 0 Å². The lowest BCUT2D eigenvalue weighted by Gasteiger charge is -2.13. The largest absolute Gasteiger partial charge is 0.346 e. The maximum Gasteiger partial charge on any atom is 0.188 e. The van der Waals surface area contributed by atoms with Crippen molar-refractivity contribution >= 4 is 16.6 Å². The summed E-state index contributed by atoms with van der Waals surface area (Å²) in [5.74, 6) is 1.72. The molecule has 0 unspecified atom stereocenters. The van der Waals surface area contributed by atoms with E-state index >= 15 is 0 Å². The van der Waals surface area contributed by atoms with Crippen LogP contribution in [-0.2, 0) is 20.0 Å². The number of hydrogen-bond donors (Lipinski definition) is 2. The van der Waals surface area contributed by atoms with Gasteiger partial charge in [0.05, 0.1) is 17.5 Å². The normalized spacial score (nSPS) is 11.6. The molecule has 9 nitrogen and oxygen atoms in total. The highest BCUT2D eigenvalue weighted by atomic mass is 15.3. The van der Waals surface area contributed by atoms with Gasteiger partial charge in [-0.1, -0.05) is 54.6 Å². The molecular formula is C32H29N9. The predicted molar refractivity (Wildman–Crippen MR) is 160 cm³/mol. The molecule has 0 aliphatic rings. The van der Waals surface area contributed by atoms with Crippen molar-refractivity contribution in [2.24, 2.45) is 7.05 Å². The number of nitrogens with zero attached hydrogens (tertiary/aromatic N) is 7. The number of pyridine rings is 2. The highest BCUT2D eigenvalue weighted by molar-refractivity contribution is 5.98. The lowest BCUT2D eigenvalue weighted by Crippen LogP contribution is -2.17. The molecule has 5 heterocycles. The van der Waals surface area contributed by atoms with Crippen molar-refractivity contribution in [1.82, 2.24) is 44.4 Å². The third-order valence-electron chi connectivity index (χ3n) is 7.24. The molecule has 9 heteroatoms. The molecule has 7 aromatic rings. The van der Waals surface area contributed by atoms with Gasteiger partial charge in [0.15, 0.2) is 11.5 Å². The van der Waals surface area contributed by atoms with Crippen molar-refractivity contribution in [3.63, 3.8) is 0 Å². The van der Waals surface area contributed by atoms with Gasteiger partial charge in [-0.05, 0) is 30.2 Å². The van der Waals surface area contributed by atoms with E-state index in [9.17, 15) is 0 Å². The van der Waals surface area contributed by atoms with E-state index in [0.29, 0.717) is 5.82 Å². The zero-order chi connectivity index (χ0) is 27.8. The molecule has 0 spiro atoms. The highest BCUT2D eigenvalue weighted by Crippen LogP contribution is 2.35. The second-order valence-electron chi connectivity index (χ2n) is 10.3. The summed E-state index contributed by atoms with van der Waals surface area (Å²) < 4.78 is 3.89. The molecule has 0 aliphatic heterocycles. The van der Waals surface area contributed by atoms with E-state index in [1.54, 1.807) is 6.33 Å². The quantitative estimate of drug-likeness (QED) is 0.252. The smallest absolute Gasteiger partial charge is 0.188 e. The number of imidazole rings is 2. The Morgan fingerprint density at radius 1 is 0.927 bits per heavy atom. The minimum Gasteiger partial charge on any atom is -0.346 e. The van der Waals surface area contributed by atoms with E-state index in [4.69, 9.17) is 4.98 Å². The molecule has 0 bridgehead atoms. The number of aryl methyl sites for hydroxylation is 2. The first-order valence-electron chi connectivity index (χ1n) is 13.7. The van der Waals surface area contributed by atoms with Gasteiger partial charge in [-0.15, -0.1) is 10.2 Å². The Morgan fingerprint density at radius 3 is 2.54 bits per heavy atom. The predicted octanol–water partition coefficient (Wildman–Crippen LogP) is 5.38. The second kappa shape index (κ2) is 10.4. The summed E-state index contributed by atoms with van der Waals surface area (Å²) in [5, 5.41) is 13.5. The number of fused-ring (bicyclic) bond motifs is 3. The summed E-state index contributed by atoms with van der Waals surface area (Å²) in [6, 6.07) is 23.2. The van der Waals surface area contributed by atoms with Gasteiger partial charge in [-0.2, -0.15) is 0 Å². The van der Waals surface area contributed by atoms with Crippen molar-refractivity contribution in [1.29, 1.82) is 0 Å². The summed E-state index contributed by atoms with van der Waals surface area (Å²) in [5.41, 5.74) is 8.86. The molecule has 0 saturated heterocycles. The van der Waals surface area contributed by atoms with Gasteiger partial charge < -0.3 is 14.9 Å². The number of benzene rings is 2. The first kappa shape index (κ1) is 24.9. The summed E-state index contributed by atoms with van der Waals surface area (Å²) in [4.78, 5) is 17.3. The first-order valence-corrected chi connectivity index (χ1v) is 13.7. The monoisotopic (exact) mass is 539 g/mol. The fourth-order valence-electron chi connectivity index (χ4n) is 5.17. The van der Waals surface area contributed by atoms with Crippen LogP contribution in [0.3, 0.4) is 0 Å². The van der Waals surface area contributed by atoms with Crippen molar-refractivity contribution in [3.8, 4) is 33.9 Å². The maximum atomic E-state index is 5.17. The molecule has 7 rings (SSSR count). The van der Waals surface area contributed by atoms with Gasteiger partial charge >= 0.3 is 0 Å². The Labute approximate surface area is 237 Å². The van der Waals surface area contributed by atoms with Gasteiger partial charge in [-0.3, -0.25) is 4.40 Å². The zero-order valence-corrected chi connectivity index (χ0v) is 22.9. The Balaban J connectivity index is 1.22. The molecule has 2 aromatic carbocycles. The van der Waals surface area contributed by atoms with E-state index in [-0.39, 0.29) is 0 Å². The lowest BCUT2D eigenvalue weighted by atomic mass is 9.97. The van der Waals surface area contributed by atoms with Crippen LogP contribution in [0.25, 0.3) is 50.5 Å². The number of aromatic nitrogens is 8. The summed E-state index contributed by atoms with van der Waals surface area (Å²) in [7, 11) is 1.94. The maximum absolute atomic E-state index is 5.17. The lowest BCUT2D eigenvalue weighted by molar-refractivity contribution is 0.673. The molecule has 0 radical (unpaired) electrons. The van der Waals surface area contributed by atoms with Gasteiger partial charge in [-0.25, -0.2) is 15.0 Å². The fraction of sp³-hybridized carbons (Fsp3) is 0.156. The minimum absolute atomic E-state index is 0.705. The summed E-state index contributed by atoms with van der Waals surface area (Å²) >= 11 is 0. The van der Waals surface area contributed by atoms with Crippen molar-refractivity contribution in [2.45, 2.75) is 19.9 Å². The van der Waals surface area contributed by atoms with Crippen LogP contribution in [0.2, 0.25) is 0 Å². The number of H-pyrrole nitrogens is 1. The van der Waals surface area contributed by atoms with Crippen molar-refractivity contribution in [3.05, 3.63) is 109 Å². The average molecular weight is 540 g/mol. The van der Waals surface area contributed by atoms with Crippen LogP contribution in [-0.4, -0.2) is 45.6 Å². The second-order valence-corrected chi connectivity index (χ2v) is 10.3. The number of rotatable bonds is 8. The van der Waals surface area contributed by atoms with Crippen molar-refractivity contribution in [2.75, 3.05) is 6.54 Å². The van der Waals surface area contributed by atoms with E-state index in [1.165, 1.54) is 5.56 Å². The highest BCUT2D eigenvalue weighted by Gasteiger charge is 2.17. The number of nitrogens with one attached hydrogen (secondary N) is 2. The average Bonchev–Trinajstić information content (AvgIpc) is 3.75. The van der Waals surface area contributed by atoms with Gasteiger partial charge in [0.1, 0.15) is 11.5 Å². The van der Waals surface area contributed by atoms with E-state index in [1.807, 2.05) is 53.7 Å². The summed E-state index contributed by atoms with van der Waals surface area (Å²) in [6.07, 6.45) is 8.42. The van der Waals surface area contributed by atoms with Crippen LogP contribution in [0.15, 0.2) is 91.6 Å². The first-order chi connectivity index (χ1) is 20.1. The standard InChI is InChI=1S/C32H29N9/c1-21-17-34-29(36-21)12-14-33-18-22-8-10-24(11-9-22)30-25(23-6-4-3-5-7-23)16-26-27(37-30)13-15-41-31(26)38-39-32(41)28-19-40(2)20-35-28/h3-11,13,15-17,19-20,33H,12,14,18H2,1-2H3,(H,34,36). The summed E-state index contributed by atoms with van der Waals surface area (Å²) in [6.45, 7) is 3.67. The van der Waals surface area contributed by atoms with Gasteiger partial charge in [0.25, 0.3) is 0 Å². The third-order valence-corrected chi connectivity index (χ3v) is 7.24. The van der Waals surface area contributed by atoms with E-state index in [0.717, 1.165) is 75.7 Å². The molecule has 5 aromatic heterocycles. The Hall–Kier alpha value is -5.15. The zero-order valence-electron chi connectivity index (χ0n) is 22.9. The number of hydrogen-bond acceptors (Lipinski definition) is 6. The topological polar surface area (TPSA) is 102 Å². The molecule has 0 fully saturated rings. The number of aromatic amines is 1. The van der Waals surface area contributed by atoms with E-state index in [2.05, 4.69) is 85.1 Å². The molecule has 0 atom stereocenters.